The molecule has 0 aliphatic carbocycles. The molecular formula is C24H21ClF4N2O3. The highest BCUT2D eigenvalue weighted by Crippen LogP contribution is 2.38. The molecule has 5 nitrogen and oxygen atoms in total. The number of pyridine rings is 1. The lowest BCUT2D eigenvalue weighted by atomic mass is 9.80. The van der Waals surface area contributed by atoms with Crippen molar-refractivity contribution < 1.29 is 31.8 Å². The SMILES string of the molecule is COCCOC(=O)N[C@](Cc1ccccc1)(c1cc(F)cc(C(F)(F)F)c1)c1ccc(Cl)cn1. The Morgan fingerprint density at radius 2 is 1.74 bits per heavy atom. The van der Waals surface area contributed by atoms with Crippen molar-refractivity contribution in [3.05, 3.63) is 100 Å². The third kappa shape index (κ3) is 6.24. The Hall–Kier alpha value is -3.17. The summed E-state index contributed by atoms with van der Waals surface area (Å²) in [5, 5.41) is 2.91. The minimum atomic E-state index is -4.82. The van der Waals surface area contributed by atoms with Crippen molar-refractivity contribution >= 4 is 17.7 Å². The number of carbonyl (C=O) groups is 1. The molecule has 180 valence electrons. The van der Waals surface area contributed by atoms with Gasteiger partial charge >= 0.3 is 12.3 Å². The zero-order chi connectivity index (χ0) is 24.8. The first-order valence-electron chi connectivity index (χ1n) is 10.1. The number of methoxy groups -OCH3 is 1. The molecule has 10 heteroatoms. The molecule has 1 amide bonds. The number of alkyl halides is 3. The molecule has 0 bridgehead atoms. The summed E-state index contributed by atoms with van der Waals surface area (Å²) < 4.78 is 65.2. The van der Waals surface area contributed by atoms with Crippen molar-refractivity contribution in [2.45, 2.75) is 18.1 Å². The molecule has 0 aliphatic heterocycles. The van der Waals surface area contributed by atoms with Crippen LogP contribution in [0.3, 0.4) is 0 Å². The number of rotatable bonds is 8. The van der Waals surface area contributed by atoms with Crippen molar-refractivity contribution in [3.8, 4) is 0 Å². The fourth-order valence-corrected chi connectivity index (χ4v) is 3.59. The highest BCUT2D eigenvalue weighted by molar-refractivity contribution is 6.30. The second kappa shape index (κ2) is 10.8. The molecular weight excluding hydrogens is 476 g/mol. The highest BCUT2D eigenvalue weighted by atomic mass is 35.5. The maximum atomic E-state index is 14.5. The van der Waals surface area contributed by atoms with Gasteiger partial charge in [-0.2, -0.15) is 13.2 Å². The van der Waals surface area contributed by atoms with Crippen LogP contribution in [0.15, 0.2) is 66.9 Å². The molecule has 2 aromatic carbocycles. The summed E-state index contributed by atoms with van der Waals surface area (Å²) in [5.41, 5.74) is -2.30. The van der Waals surface area contributed by atoms with Gasteiger partial charge in [0, 0.05) is 19.7 Å². The number of aromatic nitrogens is 1. The van der Waals surface area contributed by atoms with Crippen LogP contribution >= 0.6 is 11.6 Å². The summed E-state index contributed by atoms with van der Waals surface area (Å²) in [6.07, 6.45) is -4.52. The van der Waals surface area contributed by atoms with Crippen LogP contribution in [-0.2, 0) is 27.6 Å². The largest absolute Gasteiger partial charge is 0.447 e. The summed E-state index contributed by atoms with van der Waals surface area (Å²) in [4.78, 5) is 17.0. The van der Waals surface area contributed by atoms with Crippen LogP contribution in [0.5, 0.6) is 0 Å². The van der Waals surface area contributed by atoms with Gasteiger partial charge in [0.2, 0.25) is 0 Å². The molecule has 1 atom stereocenters. The molecule has 1 heterocycles. The molecule has 0 unspecified atom stereocenters. The van der Waals surface area contributed by atoms with Gasteiger partial charge in [0.25, 0.3) is 0 Å². The minimum absolute atomic E-state index is 0.0530. The predicted molar refractivity (Wildman–Crippen MR) is 118 cm³/mol. The normalized spacial score (nSPS) is 13.2. The third-order valence-electron chi connectivity index (χ3n) is 5.03. The van der Waals surface area contributed by atoms with Gasteiger partial charge in [0.05, 0.1) is 22.9 Å². The van der Waals surface area contributed by atoms with E-state index in [1.807, 2.05) is 0 Å². The summed E-state index contributed by atoms with van der Waals surface area (Å²) in [7, 11) is 1.42. The Balaban J connectivity index is 2.23. The molecule has 0 saturated heterocycles. The lowest BCUT2D eigenvalue weighted by molar-refractivity contribution is -0.137. The maximum absolute atomic E-state index is 14.5. The van der Waals surface area contributed by atoms with Gasteiger partial charge in [0.15, 0.2) is 0 Å². The lowest BCUT2D eigenvalue weighted by Gasteiger charge is -2.35. The Morgan fingerprint density at radius 3 is 2.35 bits per heavy atom. The van der Waals surface area contributed by atoms with E-state index in [1.165, 1.54) is 25.4 Å². The number of carbonyl (C=O) groups excluding carboxylic acids is 1. The molecule has 0 spiro atoms. The summed E-state index contributed by atoms with van der Waals surface area (Å²) in [6, 6.07) is 13.7. The Kier molecular flexibility index (Phi) is 8.11. The standard InChI is InChI=1S/C24H21ClF4N2O3/c1-33-9-10-34-22(32)31-23(14-16-5-3-2-4-6-16,21-8-7-19(25)15-30-21)17-11-18(24(27,28)29)13-20(26)12-17/h2-8,11-13,15H,9-10,14H2,1H3,(H,31,32)/t23-/m1/s1. The second-order valence-electron chi connectivity index (χ2n) is 7.41. The van der Waals surface area contributed by atoms with Crippen LogP contribution in [0.4, 0.5) is 22.4 Å². The van der Waals surface area contributed by atoms with Crippen molar-refractivity contribution in [1.82, 2.24) is 10.3 Å². The van der Waals surface area contributed by atoms with Crippen LogP contribution in [-0.4, -0.2) is 31.4 Å². The second-order valence-corrected chi connectivity index (χ2v) is 7.85. The summed E-state index contributed by atoms with van der Waals surface area (Å²) >= 11 is 5.97. The number of nitrogens with one attached hydrogen (secondary N) is 1. The highest BCUT2D eigenvalue weighted by Gasteiger charge is 2.41. The quantitative estimate of drug-likeness (QED) is 0.318. The molecule has 0 radical (unpaired) electrons. The minimum Gasteiger partial charge on any atom is -0.447 e. The van der Waals surface area contributed by atoms with Crippen LogP contribution in [0.1, 0.15) is 22.4 Å². The van der Waals surface area contributed by atoms with E-state index in [0.29, 0.717) is 11.6 Å². The van der Waals surface area contributed by atoms with Crippen molar-refractivity contribution in [3.63, 3.8) is 0 Å². The van der Waals surface area contributed by atoms with Gasteiger partial charge in [-0.1, -0.05) is 41.9 Å². The average Bonchev–Trinajstić information content (AvgIpc) is 2.79. The Morgan fingerprint density at radius 1 is 1.03 bits per heavy atom. The molecule has 1 N–H and O–H groups in total. The van der Waals surface area contributed by atoms with E-state index in [9.17, 15) is 22.4 Å². The van der Waals surface area contributed by atoms with E-state index in [-0.39, 0.29) is 35.9 Å². The zero-order valence-electron chi connectivity index (χ0n) is 18.0. The number of benzene rings is 2. The van der Waals surface area contributed by atoms with E-state index in [1.54, 1.807) is 30.3 Å². The van der Waals surface area contributed by atoms with E-state index < -0.39 is 29.2 Å². The van der Waals surface area contributed by atoms with Gasteiger partial charge < -0.3 is 14.8 Å². The molecule has 3 rings (SSSR count). The maximum Gasteiger partial charge on any atom is 0.416 e. The van der Waals surface area contributed by atoms with Crippen LogP contribution in [0.2, 0.25) is 5.02 Å². The van der Waals surface area contributed by atoms with Gasteiger partial charge in [-0.3, -0.25) is 4.98 Å². The van der Waals surface area contributed by atoms with Crippen molar-refractivity contribution in [2.75, 3.05) is 20.3 Å². The fourth-order valence-electron chi connectivity index (χ4n) is 3.48. The summed E-state index contributed by atoms with van der Waals surface area (Å²) in [6.45, 7) is 0.00519. The fraction of sp³-hybridized carbons (Fsp3) is 0.250. The number of halogens is 5. The van der Waals surface area contributed by atoms with Crippen LogP contribution in [0, 0.1) is 5.82 Å². The van der Waals surface area contributed by atoms with Crippen molar-refractivity contribution in [1.29, 1.82) is 0 Å². The van der Waals surface area contributed by atoms with E-state index in [0.717, 1.165) is 12.1 Å². The predicted octanol–water partition coefficient (Wildman–Crippen LogP) is 5.75. The van der Waals surface area contributed by atoms with Crippen molar-refractivity contribution in [2.24, 2.45) is 0 Å². The van der Waals surface area contributed by atoms with Gasteiger partial charge in [0.1, 0.15) is 18.0 Å². The monoisotopic (exact) mass is 496 g/mol. The first-order chi connectivity index (χ1) is 16.1. The summed E-state index contributed by atoms with van der Waals surface area (Å²) in [5.74, 6) is -1.12. The topological polar surface area (TPSA) is 60.5 Å². The molecule has 1 aromatic heterocycles. The molecule has 0 aliphatic rings. The van der Waals surface area contributed by atoms with Gasteiger partial charge in [-0.15, -0.1) is 0 Å². The van der Waals surface area contributed by atoms with Crippen LogP contribution in [0.25, 0.3) is 0 Å². The Bertz CT molecular complexity index is 1110. The number of alkyl carbamates (subject to hydrolysis) is 1. The number of nitrogens with zero attached hydrogens (tertiary/aromatic N) is 1. The first kappa shape index (κ1) is 25.5. The molecule has 0 fully saturated rings. The first-order valence-corrected chi connectivity index (χ1v) is 10.5. The van der Waals surface area contributed by atoms with Gasteiger partial charge in [-0.25, -0.2) is 9.18 Å². The van der Waals surface area contributed by atoms with E-state index in [4.69, 9.17) is 21.1 Å². The number of hydrogen-bond donors (Lipinski definition) is 1. The zero-order valence-corrected chi connectivity index (χ0v) is 18.8. The number of hydrogen-bond acceptors (Lipinski definition) is 4. The Labute approximate surface area is 198 Å². The van der Waals surface area contributed by atoms with Gasteiger partial charge in [-0.05, 0) is 41.5 Å². The molecule has 0 saturated carbocycles. The molecule has 3 aromatic rings. The van der Waals surface area contributed by atoms with E-state index in [2.05, 4.69) is 10.3 Å². The smallest absolute Gasteiger partial charge is 0.416 e. The average molecular weight is 497 g/mol. The lowest BCUT2D eigenvalue weighted by Crippen LogP contribution is -2.49. The van der Waals surface area contributed by atoms with Crippen LogP contribution < -0.4 is 5.32 Å². The number of ether oxygens (including phenoxy) is 2. The third-order valence-corrected chi connectivity index (χ3v) is 5.25. The molecule has 34 heavy (non-hydrogen) atoms. The number of amides is 1. The van der Waals surface area contributed by atoms with E-state index >= 15 is 0 Å².